The summed E-state index contributed by atoms with van der Waals surface area (Å²) in [6.07, 6.45) is -0.0784. The normalized spacial score (nSPS) is 13.6. The van der Waals surface area contributed by atoms with Crippen molar-refractivity contribution in [3.05, 3.63) is 39.7 Å². The Balaban J connectivity index is 2.14. The Morgan fingerprint density at radius 2 is 1.81 bits per heavy atom. The molecule has 144 valence electrons. The van der Waals surface area contributed by atoms with Crippen LogP contribution in [0.25, 0.3) is 11.3 Å². The van der Waals surface area contributed by atoms with Gasteiger partial charge in [0.05, 0.1) is 19.9 Å². The number of rotatable bonds is 2. The number of amides is 1. The molecule has 0 aliphatic carbocycles. The third kappa shape index (κ3) is 3.89. The summed E-state index contributed by atoms with van der Waals surface area (Å²) in [4.78, 5) is 31.0. The standard InChI is InChI=1S/C19H23N3O5/c1-19(2,3)27-18(24)21-16-10-13-12-9-15(26-5)14(25-4)8-11(12)6-7-22(13)17(23)20-16/h8-10H,6-7H2,1-5H3,(H,20,21,23,24). The maximum atomic E-state index is 12.5. The summed E-state index contributed by atoms with van der Waals surface area (Å²) in [5.41, 5.74) is 1.66. The topological polar surface area (TPSA) is 94.9 Å². The Morgan fingerprint density at radius 1 is 1.15 bits per heavy atom. The van der Waals surface area contributed by atoms with E-state index in [0.717, 1.165) is 11.1 Å². The van der Waals surface area contributed by atoms with E-state index in [0.29, 0.717) is 30.2 Å². The molecule has 0 spiro atoms. The number of carbonyl (C=O) groups is 1. The number of hydrogen-bond donors (Lipinski definition) is 1. The van der Waals surface area contributed by atoms with Crippen molar-refractivity contribution in [3.63, 3.8) is 0 Å². The molecule has 2 aromatic rings. The molecule has 1 N–H and O–H groups in total. The first kappa shape index (κ1) is 18.8. The predicted molar refractivity (Wildman–Crippen MR) is 99.1 cm³/mol. The molecule has 8 nitrogen and oxygen atoms in total. The van der Waals surface area contributed by atoms with Crippen LogP contribution in [-0.2, 0) is 17.7 Å². The zero-order chi connectivity index (χ0) is 19.8. The largest absolute Gasteiger partial charge is 0.493 e. The van der Waals surface area contributed by atoms with Crippen molar-refractivity contribution in [2.45, 2.75) is 39.3 Å². The molecule has 1 aliphatic rings. The highest BCUT2D eigenvalue weighted by Gasteiger charge is 2.21. The zero-order valence-electron chi connectivity index (χ0n) is 16.1. The van der Waals surface area contributed by atoms with Gasteiger partial charge < -0.3 is 14.2 Å². The van der Waals surface area contributed by atoms with Crippen molar-refractivity contribution in [2.24, 2.45) is 4.99 Å². The second-order valence-corrected chi connectivity index (χ2v) is 7.20. The van der Waals surface area contributed by atoms with E-state index >= 15 is 0 Å². The lowest BCUT2D eigenvalue weighted by Crippen LogP contribution is -2.34. The molecule has 0 atom stereocenters. The fraction of sp³-hybridized carbons (Fsp3) is 0.421. The minimum atomic E-state index is -0.758. The van der Waals surface area contributed by atoms with Crippen LogP contribution in [0.4, 0.5) is 4.79 Å². The number of methoxy groups -OCH3 is 2. The quantitative estimate of drug-likeness (QED) is 0.871. The van der Waals surface area contributed by atoms with Gasteiger partial charge >= 0.3 is 11.8 Å². The summed E-state index contributed by atoms with van der Waals surface area (Å²) in [7, 11) is 3.14. The number of aryl methyl sites for hydroxylation is 1. The fourth-order valence-electron chi connectivity index (χ4n) is 3.02. The predicted octanol–water partition coefficient (Wildman–Crippen LogP) is 2.25. The number of aromatic amines is 1. The molecule has 8 heteroatoms. The summed E-state index contributed by atoms with van der Waals surface area (Å²) in [6.45, 7) is 5.77. The number of ether oxygens (including phenoxy) is 3. The third-order valence-electron chi connectivity index (χ3n) is 4.14. The van der Waals surface area contributed by atoms with E-state index in [1.165, 1.54) is 0 Å². The number of carbonyl (C=O) groups excluding carboxylic acids is 1. The average molecular weight is 373 g/mol. The maximum Gasteiger partial charge on any atom is 0.436 e. The van der Waals surface area contributed by atoms with Gasteiger partial charge in [0.1, 0.15) is 11.1 Å². The molecule has 0 unspecified atom stereocenters. The molecule has 0 fully saturated rings. The lowest BCUT2D eigenvalue weighted by atomic mass is 9.97. The van der Waals surface area contributed by atoms with Crippen molar-refractivity contribution >= 4 is 6.09 Å². The molecule has 27 heavy (non-hydrogen) atoms. The van der Waals surface area contributed by atoms with Crippen molar-refractivity contribution in [3.8, 4) is 22.8 Å². The van der Waals surface area contributed by atoms with Crippen LogP contribution in [0.15, 0.2) is 28.0 Å². The van der Waals surface area contributed by atoms with Gasteiger partial charge in [0.2, 0.25) is 0 Å². The van der Waals surface area contributed by atoms with Crippen LogP contribution < -0.4 is 20.7 Å². The van der Waals surface area contributed by atoms with Crippen LogP contribution in [0.1, 0.15) is 26.3 Å². The van der Waals surface area contributed by atoms with E-state index in [4.69, 9.17) is 14.2 Å². The lowest BCUT2D eigenvalue weighted by molar-refractivity contribution is 0.0596. The van der Waals surface area contributed by atoms with Gasteiger partial charge in [-0.1, -0.05) is 0 Å². The van der Waals surface area contributed by atoms with E-state index in [2.05, 4.69) is 9.98 Å². The van der Waals surface area contributed by atoms with E-state index in [-0.39, 0.29) is 11.2 Å². The summed E-state index contributed by atoms with van der Waals surface area (Å²) < 4.78 is 17.5. The van der Waals surface area contributed by atoms with E-state index in [9.17, 15) is 9.59 Å². The minimum Gasteiger partial charge on any atom is -0.493 e. The molecule has 1 amide bonds. The molecule has 0 saturated carbocycles. The van der Waals surface area contributed by atoms with E-state index in [1.54, 1.807) is 45.6 Å². The number of fused-ring (bicyclic) bond motifs is 3. The summed E-state index contributed by atoms with van der Waals surface area (Å²) in [5, 5.41) is 0. The van der Waals surface area contributed by atoms with E-state index < -0.39 is 11.7 Å². The monoisotopic (exact) mass is 373 g/mol. The molecule has 3 rings (SSSR count). The summed E-state index contributed by atoms with van der Waals surface area (Å²) in [5.74, 6) is 1.20. The van der Waals surface area contributed by atoms with Crippen LogP contribution in [0, 0.1) is 0 Å². The Bertz CT molecular complexity index is 1010. The zero-order valence-corrected chi connectivity index (χ0v) is 16.1. The molecular weight excluding hydrogens is 350 g/mol. The smallest absolute Gasteiger partial charge is 0.436 e. The SMILES string of the molecule is COc1cc2c(cc1OC)-c1c/c(=N\C(=O)OC(C)(C)C)[nH]c(=O)n1CC2. The van der Waals surface area contributed by atoms with Crippen LogP contribution in [0.5, 0.6) is 11.5 Å². The van der Waals surface area contributed by atoms with Crippen LogP contribution in [-0.4, -0.2) is 35.5 Å². The number of nitrogens with zero attached hydrogens (tertiary/aromatic N) is 2. The molecule has 0 radical (unpaired) electrons. The Morgan fingerprint density at radius 3 is 2.44 bits per heavy atom. The van der Waals surface area contributed by atoms with Crippen LogP contribution in [0.2, 0.25) is 0 Å². The number of benzene rings is 1. The molecule has 2 heterocycles. The van der Waals surface area contributed by atoms with Crippen LogP contribution >= 0.6 is 0 Å². The Labute approximate surface area is 156 Å². The van der Waals surface area contributed by atoms with Crippen molar-refractivity contribution in [1.29, 1.82) is 0 Å². The molecule has 1 aromatic heterocycles. The van der Waals surface area contributed by atoms with Gasteiger partial charge in [-0.25, -0.2) is 9.59 Å². The highest BCUT2D eigenvalue weighted by Crippen LogP contribution is 2.37. The number of aromatic nitrogens is 2. The highest BCUT2D eigenvalue weighted by molar-refractivity contribution is 5.71. The van der Waals surface area contributed by atoms with Crippen molar-refractivity contribution in [1.82, 2.24) is 9.55 Å². The second kappa shape index (κ2) is 6.94. The molecule has 1 aromatic carbocycles. The maximum absolute atomic E-state index is 12.5. The van der Waals surface area contributed by atoms with Gasteiger partial charge in [-0.2, -0.15) is 4.99 Å². The van der Waals surface area contributed by atoms with Gasteiger partial charge in [-0.05, 0) is 44.9 Å². The van der Waals surface area contributed by atoms with Gasteiger partial charge in [-0.3, -0.25) is 9.55 Å². The Kier molecular flexibility index (Phi) is 4.82. The van der Waals surface area contributed by atoms with E-state index in [1.807, 2.05) is 12.1 Å². The molecular formula is C19H23N3O5. The van der Waals surface area contributed by atoms with Crippen molar-refractivity contribution < 1.29 is 19.0 Å². The fourth-order valence-corrected chi connectivity index (χ4v) is 3.02. The third-order valence-corrected chi connectivity index (χ3v) is 4.14. The molecule has 1 aliphatic heterocycles. The summed E-state index contributed by atoms with van der Waals surface area (Å²) >= 11 is 0. The Hall–Kier alpha value is -3.03. The molecule has 0 saturated heterocycles. The number of H-pyrrole nitrogens is 1. The first-order valence-electron chi connectivity index (χ1n) is 8.59. The van der Waals surface area contributed by atoms with Gasteiger partial charge in [0, 0.05) is 18.2 Å². The number of hydrogen-bond acceptors (Lipinski definition) is 5. The first-order valence-corrected chi connectivity index (χ1v) is 8.59. The minimum absolute atomic E-state index is 0.142. The van der Waals surface area contributed by atoms with Gasteiger partial charge in [-0.15, -0.1) is 0 Å². The highest BCUT2D eigenvalue weighted by atomic mass is 16.6. The second-order valence-electron chi connectivity index (χ2n) is 7.20. The lowest BCUT2D eigenvalue weighted by Gasteiger charge is -2.23. The summed E-state index contributed by atoms with van der Waals surface area (Å²) in [6, 6.07) is 5.40. The van der Waals surface area contributed by atoms with Gasteiger partial charge in [0.15, 0.2) is 11.5 Å². The molecule has 0 bridgehead atoms. The first-order chi connectivity index (χ1) is 12.7. The van der Waals surface area contributed by atoms with Gasteiger partial charge in [0.25, 0.3) is 0 Å². The van der Waals surface area contributed by atoms with Crippen molar-refractivity contribution in [2.75, 3.05) is 14.2 Å². The van der Waals surface area contributed by atoms with Crippen LogP contribution in [0.3, 0.4) is 0 Å². The average Bonchev–Trinajstić information content (AvgIpc) is 2.58. The number of nitrogens with one attached hydrogen (secondary N) is 1.